The van der Waals surface area contributed by atoms with Gasteiger partial charge in [0.05, 0.1) is 17.7 Å². The summed E-state index contributed by atoms with van der Waals surface area (Å²) in [6, 6.07) is 23.5. The van der Waals surface area contributed by atoms with Crippen molar-refractivity contribution >= 4 is 21.4 Å². The maximum atomic E-state index is 12.6. The zero-order chi connectivity index (χ0) is 21.4. The fourth-order valence-corrected chi connectivity index (χ4v) is 3.89. The van der Waals surface area contributed by atoms with Crippen LogP contribution in [-0.4, -0.2) is 27.8 Å². The van der Waals surface area contributed by atoms with Gasteiger partial charge in [-0.15, -0.1) is 0 Å². The normalized spacial score (nSPS) is 11.7. The molecule has 0 unspecified atom stereocenters. The molecule has 0 bridgehead atoms. The van der Waals surface area contributed by atoms with Crippen LogP contribution in [0.25, 0.3) is 0 Å². The minimum absolute atomic E-state index is 0.187. The molecule has 30 heavy (non-hydrogen) atoms. The highest BCUT2D eigenvalue weighted by Gasteiger charge is 2.14. The second kappa shape index (κ2) is 9.93. The topological polar surface area (TPSA) is 79.8 Å². The summed E-state index contributed by atoms with van der Waals surface area (Å²) in [5.41, 5.74) is 6.43. The second-order valence-corrected chi connectivity index (χ2v) is 8.38. The van der Waals surface area contributed by atoms with Gasteiger partial charge in [-0.3, -0.25) is 4.72 Å². The van der Waals surface area contributed by atoms with Gasteiger partial charge in [0.1, 0.15) is 5.75 Å². The summed E-state index contributed by atoms with van der Waals surface area (Å²) in [6.45, 7) is 2.61. The van der Waals surface area contributed by atoms with Gasteiger partial charge in [-0.2, -0.15) is 5.10 Å². The molecule has 0 atom stereocenters. The van der Waals surface area contributed by atoms with Crippen LogP contribution in [0, 0.1) is 0 Å². The van der Waals surface area contributed by atoms with Gasteiger partial charge in [0.15, 0.2) is 0 Å². The van der Waals surface area contributed by atoms with Crippen molar-refractivity contribution in [1.29, 1.82) is 0 Å². The molecule has 0 heterocycles. The first kappa shape index (κ1) is 21.4. The maximum absolute atomic E-state index is 12.6. The molecule has 0 aromatic heterocycles. The molecule has 6 nitrogen and oxygen atoms in total. The van der Waals surface area contributed by atoms with Crippen LogP contribution >= 0.6 is 0 Å². The van der Waals surface area contributed by atoms with E-state index in [1.165, 1.54) is 5.56 Å². The Morgan fingerprint density at radius 1 is 0.933 bits per heavy atom. The molecule has 3 rings (SSSR count). The van der Waals surface area contributed by atoms with Gasteiger partial charge in [-0.05, 0) is 60.9 Å². The van der Waals surface area contributed by atoms with E-state index in [1.54, 1.807) is 55.6 Å². The van der Waals surface area contributed by atoms with Crippen LogP contribution in [0.2, 0.25) is 0 Å². The number of benzene rings is 3. The predicted octanol–water partition coefficient (Wildman–Crippen LogP) is 4.05. The lowest BCUT2D eigenvalue weighted by Crippen LogP contribution is -2.14. The molecule has 0 aliphatic carbocycles. The fraction of sp³-hybridized carbons (Fsp3) is 0.174. The van der Waals surface area contributed by atoms with Crippen LogP contribution in [0.5, 0.6) is 5.75 Å². The third-order valence-electron chi connectivity index (χ3n) is 4.54. The van der Waals surface area contributed by atoms with Crippen molar-refractivity contribution in [2.75, 3.05) is 18.4 Å². The van der Waals surface area contributed by atoms with Crippen molar-refractivity contribution in [3.8, 4) is 5.75 Å². The van der Waals surface area contributed by atoms with Gasteiger partial charge in [-0.25, -0.2) is 8.42 Å². The van der Waals surface area contributed by atoms with E-state index in [1.807, 2.05) is 25.1 Å². The zero-order valence-corrected chi connectivity index (χ0v) is 17.8. The Bertz CT molecular complexity index is 1080. The number of rotatable bonds is 9. The van der Waals surface area contributed by atoms with E-state index < -0.39 is 10.0 Å². The van der Waals surface area contributed by atoms with Gasteiger partial charge >= 0.3 is 0 Å². The summed E-state index contributed by atoms with van der Waals surface area (Å²) >= 11 is 0. The molecule has 3 aromatic carbocycles. The Labute approximate surface area is 177 Å². The van der Waals surface area contributed by atoms with Crippen molar-refractivity contribution in [2.24, 2.45) is 5.10 Å². The first-order valence-corrected chi connectivity index (χ1v) is 11.0. The molecule has 0 amide bonds. The lowest BCUT2D eigenvalue weighted by molar-refractivity contribution is 0.415. The van der Waals surface area contributed by atoms with Gasteiger partial charge in [-0.1, -0.05) is 42.5 Å². The molecule has 0 aliphatic heterocycles. The summed E-state index contributed by atoms with van der Waals surface area (Å²) in [5.74, 6) is 0.662. The van der Waals surface area contributed by atoms with Crippen LogP contribution in [0.3, 0.4) is 0 Å². The average Bonchev–Trinajstić information content (AvgIpc) is 2.77. The lowest BCUT2D eigenvalue weighted by Gasteiger charge is -2.10. The third kappa shape index (κ3) is 5.84. The van der Waals surface area contributed by atoms with E-state index in [0.29, 0.717) is 11.4 Å². The van der Waals surface area contributed by atoms with Crippen molar-refractivity contribution < 1.29 is 13.2 Å². The number of hydrogen-bond acceptors (Lipinski definition) is 5. The van der Waals surface area contributed by atoms with E-state index >= 15 is 0 Å². The van der Waals surface area contributed by atoms with Crippen molar-refractivity contribution in [1.82, 2.24) is 5.43 Å². The van der Waals surface area contributed by atoms with Crippen molar-refractivity contribution in [3.05, 3.63) is 90.0 Å². The Hall–Kier alpha value is -3.32. The molecule has 3 aromatic rings. The molecule has 0 radical (unpaired) electrons. The molecule has 0 saturated heterocycles. The summed E-state index contributed by atoms with van der Waals surface area (Å²) < 4.78 is 32.8. The number of methoxy groups -OCH3 is 1. The SMILES string of the molecule is COc1ccc(NS(=O)(=O)c2ccc(/C(C)=N\NCCc3ccccc3)cc2)cc1. The quantitative estimate of drug-likeness (QED) is 0.309. The third-order valence-corrected chi connectivity index (χ3v) is 5.94. The first-order valence-electron chi connectivity index (χ1n) is 9.56. The summed E-state index contributed by atoms with van der Waals surface area (Å²) in [6.07, 6.45) is 0.881. The minimum Gasteiger partial charge on any atom is -0.497 e. The highest BCUT2D eigenvalue weighted by Crippen LogP contribution is 2.19. The van der Waals surface area contributed by atoms with Gasteiger partial charge in [0, 0.05) is 12.2 Å². The zero-order valence-electron chi connectivity index (χ0n) is 17.0. The Balaban J connectivity index is 1.59. The summed E-state index contributed by atoms with van der Waals surface area (Å²) in [7, 11) is -2.11. The molecule has 2 N–H and O–H groups in total. The van der Waals surface area contributed by atoms with Gasteiger partial charge in [0.2, 0.25) is 0 Å². The van der Waals surface area contributed by atoms with Crippen LogP contribution < -0.4 is 14.9 Å². The molecule has 0 saturated carbocycles. The standard InChI is InChI=1S/C23H25N3O3S/c1-18(25-24-17-16-19-6-4-3-5-7-19)20-8-14-23(15-9-20)30(27,28)26-21-10-12-22(29-2)13-11-21/h3-15,24,26H,16-17H2,1-2H3/b25-18-. The highest BCUT2D eigenvalue weighted by molar-refractivity contribution is 7.92. The molecular formula is C23H25N3O3S. The van der Waals surface area contributed by atoms with E-state index in [9.17, 15) is 8.42 Å². The smallest absolute Gasteiger partial charge is 0.261 e. The minimum atomic E-state index is -3.67. The monoisotopic (exact) mass is 423 g/mol. The summed E-state index contributed by atoms with van der Waals surface area (Å²) in [5, 5.41) is 4.38. The van der Waals surface area contributed by atoms with Crippen molar-refractivity contribution in [3.63, 3.8) is 0 Å². The van der Waals surface area contributed by atoms with E-state index in [2.05, 4.69) is 27.4 Å². The molecule has 0 fully saturated rings. The lowest BCUT2D eigenvalue weighted by atomic mass is 10.1. The van der Waals surface area contributed by atoms with Crippen LogP contribution in [0.1, 0.15) is 18.1 Å². The highest BCUT2D eigenvalue weighted by atomic mass is 32.2. The number of hydrogen-bond donors (Lipinski definition) is 2. The van der Waals surface area contributed by atoms with Crippen LogP contribution in [0.15, 0.2) is 88.9 Å². The second-order valence-electron chi connectivity index (χ2n) is 6.70. The maximum Gasteiger partial charge on any atom is 0.261 e. The predicted molar refractivity (Wildman–Crippen MR) is 121 cm³/mol. The molecule has 0 aliphatic rings. The molecule has 0 spiro atoms. The van der Waals surface area contributed by atoms with Gasteiger partial charge < -0.3 is 10.2 Å². The number of ether oxygens (including phenoxy) is 1. The first-order chi connectivity index (χ1) is 14.5. The van der Waals surface area contributed by atoms with E-state index in [-0.39, 0.29) is 4.90 Å². The van der Waals surface area contributed by atoms with E-state index in [0.717, 1.165) is 24.2 Å². The fourth-order valence-electron chi connectivity index (χ4n) is 2.83. The van der Waals surface area contributed by atoms with Crippen LogP contribution in [0.4, 0.5) is 5.69 Å². The number of nitrogens with zero attached hydrogens (tertiary/aromatic N) is 1. The van der Waals surface area contributed by atoms with Crippen molar-refractivity contribution in [2.45, 2.75) is 18.2 Å². The Morgan fingerprint density at radius 2 is 1.60 bits per heavy atom. The molecular weight excluding hydrogens is 398 g/mol. The summed E-state index contributed by atoms with van der Waals surface area (Å²) in [4.78, 5) is 0.187. The van der Waals surface area contributed by atoms with Gasteiger partial charge in [0.25, 0.3) is 10.0 Å². The largest absolute Gasteiger partial charge is 0.497 e. The number of nitrogens with one attached hydrogen (secondary N) is 2. The Kier molecular flexibility index (Phi) is 7.08. The number of anilines is 1. The molecule has 7 heteroatoms. The number of sulfonamides is 1. The Morgan fingerprint density at radius 3 is 2.23 bits per heavy atom. The van der Waals surface area contributed by atoms with Crippen LogP contribution in [-0.2, 0) is 16.4 Å². The average molecular weight is 424 g/mol. The molecule has 156 valence electrons. The number of hydrazone groups is 1. The van der Waals surface area contributed by atoms with E-state index in [4.69, 9.17) is 4.74 Å².